The zero-order valence-corrected chi connectivity index (χ0v) is 20.0. The lowest BCUT2D eigenvalue weighted by Crippen LogP contribution is -2.49. The van der Waals surface area contributed by atoms with Gasteiger partial charge in [-0.2, -0.15) is 5.10 Å². The van der Waals surface area contributed by atoms with E-state index >= 15 is 0 Å². The van der Waals surface area contributed by atoms with Gasteiger partial charge in [0.15, 0.2) is 0 Å². The number of hydrogen-bond acceptors (Lipinski definition) is 7. The molecule has 33 heavy (non-hydrogen) atoms. The summed E-state index contributed by atoms with van der Waals surface area (Å²) in [4.78, 5) is 32.0. The van der Waals surface area contributed by atoms with Gasteiger partial charge in [-0.05, 0) is 38.3 Å². The Morgan fingerprint density at radius 2 is 1.79 bits per heavy atom. The number of piperazine rings is 1. The lowest BCUT2D eigenvalue weighted by Gasteiger charge is -2.35. The predicted molar refractivity (Wildman–Crippen MR) is 128 cm³/mol. The minimum atomic E-state index is 0.0107. The molecule has 1 aliphatic rings. The molecule has 10 heteroatoms. The van der Waals surface area contributed by atoms with Crippen LogP contribution in [0.1, 0.15) is 27.7 Å². The number of aryl methyl sites for hydroxylation is 3. The van der Waals surface area contributed by atoms with Gasteiger partial charge in [-0.3, -0.25) is 14.0 Å². The topological polar surface area (TPSA) is 85.0 Å². The molecular formula is C23H26N8OS. The van der Waals surface area contributed by atoms with Crippen molar-refractivity contribution in [3.05, 3.63) is 58.9 Å². The molecule has 0 bridgehead atoms. The van der Waals surface area contributed by atoms with Crippen LogP contribution < -0.4 is 4.90 Å². The zero-order valence-electron chi connectivity index (χ0n) is 19.2. The average Bonchev–Trinajstić information content (AvgIpc) is 3.54. The molecule has 0 spiro atoms. The zero-order chi connectivity index (χ0) is 23.1. The molecule has 170 valence electrons. The van der Waals surface area contributed by atoms with Gasteiger partial charge in [0.1, 0.15) is 35.2 Å². The summed E-state index contributed by atoms with van der Waals surface area (Å²) in [6.07, 6.45) is 1.80. The molecule has 0 aliphatic carbocycles. The first-order valence-corrected chi connectivity index (χ1v) is 11.8. The second-order valence-corrected chi connectivity index (χ2v) is 9.16. The van der Waals surface area contributed by atoms with Crippen LogP contribution in [0.4, 0.5) is 5.82 Å². The first-order valence-electron chi connectivity index (χ1n) is 10.9. The molecule has 5 heterocycles. The van der Waals surface area contributed by atoms with Crippen molar-refractivity contribution < 1.29 is 4.79 Å². The fourth-order valence-electron chi connectivity index (χ4n) is 4.06. The van der Waals surface area contributed by atoms with Gasteiger partial charge >= 0.3 is 0 Å². The predicted octanol–water partition coefficient (Wildman–Crippen LogP) is 3.01. The molecule has 0 unspecified atom stereocenters. The van der Waals surface area contributed by atoms with E-state index in [4.69, 9.17) is 0 Å². The minimum Gasteiger partial charge on any atom is -0.353 e. The molecule has 0 N–H and O–H groups in total. The number of anilines is 1. The highest BCUT2D eigenvalue weighted by atomic mass is 32.1. The summed E-state index contributed by atoms with van der Waals surface area (Å²) < 4.78 is 3.67. The summed E-state index contributed by atoms with van der Waals surface area (Å²) in [5.41, 5.74) is 3.49. The van der Waals surface area contributed by atoms with Crippen molar-refractivity contribution in [2.24, 2.45) is 7.05 Å². The van der Waals surface area contributed by atoms with Crippen molar-refractivity contribution in [3.63, 3.8) is 0 Å². The largest absolute Gasteiger partial charge is 0.353 e. The van der Waals surface area contributed by atoms with Crippen molar-refractivity contribution in [3.8, 4) is 16.4 Å². The molecule has 1 saturated heterocycles. The lowest BCUT2D eigenvalue weighted by atomic mass is 10.2. The second-order valence-electron chi connectivity index (χ2n) is 8.21. The summed E-state index contributed by atoms with van der Waals surface area (Å²) in [6.45, 7) is 8.59. The molecule has 9 nitrogen and oxygen atoms in total. The number of carbonyl (C=O) groups excluding carboxylic acids is 1. The van der Waals surface area contributed by atoms with Gasteiger partial charge in [-0.1, -0.05) is 6.07 Å². The number of amides is 1. The minimum absolute atomic E-state index is 0.0107. The maximum absolute atomic E-state index is 13.2. The van der Waals surface area contributed by atoms with Crippen molar-refractivity contribution in [2.75, 3.05) is 31.1 Å². The molecule has 0 atom stereocenters. The van der Waals surface area contributed by atoms with Crippen LogP contribution in [-0.4, -0.2) is 66.3 Å². The molecule has 1 amide bonds. The van der Waals surface area contributed by atoms with Gasteiger partial charge in [0, 0.05) is 45.0 Å². The smallest absolute Gasteiger partial charge is 0.272 e. The van der Waals surface area contributed by atoms with Crippen LogP contribution >= 0.6 is 11.3 Å². The van der Waals surface area contributed by atoms with Crippen LogP contribution in [0.5, 0.6) is 0 Å². The van der Waals surface area contributed by atoms with Gasteiger partial charge in [0.05, 0.1) is 10.6 Å². The maximum Gasteiger partial charge on any atom is 0.272 e. The normalized spacial score (nSPS) is 14.2. The van der Waals surface area contributed by atoms with E-state index in [2.05, 4.69) is 25.0 Å². The van der Waals surface area contributed by atoms with E-state index in [0.29, 0.717) is 37.7 Å². The van der Waals surface area contributed by atoms with Crippen molar-refractivity contribution >= 4 is 23.1 Å². The summed E-state index contributed by atoms with van der Waals surface area (Å²) in [5.74, 6) is 2.40. The van der Waals surface area contributed by atoms with E-state index < -0.39 is 0 Å². The summed E-state index contributed by atoms with van der Waals surface area (Å²) in [7, 11) is 1.82. The number of thiophene rings is 1. The third-order valence-electron chi connectivity index (χ3n) is 6.07. The number of hydrogen-bond donors (Lipinski definition) is 0. The van der Waals surface area contributed by atoms with Crippen LogP contribution in [0.15, 0.2) is 36.0 Å². The SMILES string of the molecule is Cc1nc(N2CCN(C(=O)c3cc(-c4cccs4)nn3C)CC2)cc(-n2cnc(C)c2C)n1. The lowest BCUT2D eigenvalue weighted by molar-refractivity contribution is 0.0735. The molecule has 4 aromatic heterocycles. The Kier molecular flexibility index (Phi) is 5.45. The Hall–Kier alpha value is -3.53. The van der Waals surface area contributed by atoms with Crippen LogP contribution in [0, 0.1) is 20.8 Å². The monoisotopic (exact) mass is 462 g/mol. The Morgan fingerprint density at radius 1 is 1.03 bits per heavy atom. The van der Waals surface area contributed by atoms with Crippen molar-refractivity contribution in [2.45, 2.75) is 20.8 Å². The Balaban J connectivity index is 1.31. The molecule has 1 aliphatic heterocycles. The first-order chi connectivity index (χ1) is 15.9. The van der Waals surface area contributed by atoms with Gasteiger partial charge in [0.25, 0.3) is 5.91 Å². The van der Waals surface area contributed by atoms with E-state index in [1.807, 2.05) is 66.9 Å². The van der Waals surface area contributed by atoms with Gasteiger partial charge < -0.3 is 9.80 Å². The molecule has 5 rings (SSSR count). The van der Waals surface area contributed by atoms with Gasteiger partial charge in [-0.15, -0.1) is 11.3 Å². The number of aromatic nitrogens is 6. The molecular weight excluding hydrogens is 436 g/mol. The van der Waals surface area contributed by atoms with E-state index in [9.17, 15) is 4.79 Å². The molecule has 0 aromatic carbocycles. The van der Waals surface area contributed by atoms with Crippen LogP contribution in [0.3, 0.4) is 0 Å². The Morgan fingerprint density at radius 3 is 2.45 bits per heavy atom. The Labute approximate surface area is 196 Å². The highest BCUT2D eigenvalue weighted by Gasteiger charge is 2.26. The average molecular weight is 463 g/mol. The number of rotatable bonds is 4. The van der Waals surface area contributed by atoms with E-state index in [1.165, 1.54) is 0 Å². The first kappa shape index (κ1) is 21.3. The van der Waals surface area contributed by atoms with Gasteiger partial charge in [0.2, 0.25) is 0 Å². The molecule has 4 aromatic rings. The molecule has 0 saturated carbocycles. The summed E-state index contributed by atoms with van der Waals surface area (Å²) in [5, 5.41) is 6.55. The van der Waals surface area contributed by atoms with Crippen LogP contribution in [0.25, 0.3) is 16.4 Å². The standard InChI is InChI=1S/C23H26N8OS/c1-15-16(2)31(14-24-15)22-13-21(25-17(3)26-22)29-7-9-30(10-8-29)23(32)19-12-18(27-28(19)4)20-6-5-11-33-20/h5-6,11-14H,7-10H2,1-4H3. The van der Waals surface area contributed by atoms with Gasteiger partial charge in [-0.25, -0.2) is 15.0 Å². The summed E-state index contributed by atoms with van der Waals surface area (Å²) in [6, 6.07) is 7.89. The van der Waals surface area contributed by atoms with E-state index in [-0.39, 0.29) is 5.91 Å². The highest BCUT2D eigenvalue weighted by Crippen LogP contribution is 2.25. The third-order valence-corrected chi connectivity index (χ3v) is 6.97. The van der Waals surface area contributed by atoms with Crippen molar-refractivity contribution in [1.82, 2.24) is 34.2 Å². The fraction of sp³-hybridized carbons (Fsp3) is 0.348. The number of imidazole rings is 1. The summed E-state index contributed by atoms with van der Waals surface area (Å²) >= 11 is 1.62. The quantitative estimate of drug-likeness (QED) is 0.464. The number of nitrogens with zero attached hydrogens (tertiary/aromatic N) is 8. The third kappa shape index (κ3) is 4.02. The fourth-order valence-corrected chi connectivity index (χ4v) is 4.75. The maximum atomic E-state index is 13.2. The highest BCUT2D eigenvalue weighted by molar-refractivity contribution is 7.13. The molecule has 0 radical (unpaired) electrons. The molecule has 1 fully saturated rings. The van der Waals surface area contributed by atoms with Crippen LogP contribution in [0.2, 0.25) is 0 Å². The van der Waals surface area contributed by atoms with Crippen molar-refractivity contribution in [1.29, 1.82) is 0 Å². The number of carbonyl (C=O) groups is 1. The van der Waals surface area contributed by atoms with E-state index in [1.54, 1.807) is 22.3 Å². The van der Waals surface area contributed by atoms with E-state index in [0.717, 1.165) is 33.6 Å². The second kappa shape index (κ2) is 8.43. The Bertz CT molecular complexity index is 1300. The van der Waals surface area contributed by atoms with Crippen LogP contribution in [-0.2, 0) is 7.05 Å².